The lowest BCUT2D eigenvalue weighted by atomic mass is 9.99. The Morgan fingerprint density at radius 2 is 1.79 bits per heavy atom. The van der Waals surface area contributed by atoms with Crippen molar-refractivity contribution in [2.45, 2.75) is 31.2 Å². The number of nitro groups is 1. The summed E-state index contributed by atoms with van der Waals surface area (Å²) in [6.45, 7) is 4.85. The van der Waals surface area contributed by atoms with E-state index >= 15 is 0 Å². The highest BCUT2D eigenvalue weighted by Crippen LogP contribution is 2.27. The number of anilines is 2. The van der Waals surface area contributed by atoms with E-state index in [2.05, 4.69) is 29.3 Å². The van der Waals surface area contributed by atoms with Crippen molar-refractivity contribution in [3.05, 3.63) is 58.1 Å². The van der Waals surface area contributed by atoms with Crippen molar-refractivity contribution in [3.8, 4) is 0 Å². The summed E-state index contributed by atoms with van der Waals surface area (Å²) >= 11 is 0. The summed E-state index contributed by atoms with van der Waals surface area (Å²) in [6.07, 6.45) is 3.46. The van der Waals surface area contributed by atoms with Crippen molar-refractivity contribution in [1.82, 2.24) is 0 Å². The van der Waals surface area contributed by atoms with Crippen LogP contribution in [0.1, 0.15) is 25.3 Å². The van der Waals surface area contributed by atoms with Gasteiger partial charge < -0.3 is 10.2 Å². The third kappa shape index (κ3) is 4.81. The number of rotatable bonds is 6. The molecule has 28 heavy (non-hydrogen) atoms. The molecule has 0 bridgehead atoms. The molecule has 0 aliphatic carbocycles. The first-order valence-electron chi connectivity index (χ1n) is 9.30. The van der Waals surface area contributed by atoms with Crippen molar-refractivity contribution >= 4 is 26.9 Å². The van der Waals surface area contributed by atoms with E-state index in [0.29, 0.717) is 12.2 Å². The molecule has 0 unspecified atom stereocenters. The minimum absolute atomic E-state index is 0.0687. The highest BCUT2D eigenvalue weighted by molar-refractivity contribution is 7.90. The predicted octanol–water partition coefficient (Wildman–Crippen LogP) is 3.85. The summed E-state index contributed by atoms with van der Waals surface area (Å²) in [5.41, 5.74) is 2.32. The molecule has 2 aromatic rings. The zero-order chi connectivity index (χ0) is 20.3. The van der Waals surface area contributed by atoms with Gasteiger partial charge in [-0.25, -0.2) is 8.42 Å². The van der Waals surface area contributed by atoms with Gasteiger partial charge in [-0.15, -0.1) is 0 Å². The van der Waals surface area contributed by atoms with E-state index in [0.717, 1.165) is 36.9 Å². The van der Waals surface area contributed by atoms with Crippen LogP contribution in [0.4, 0.5) is 17.1 Å². The van der Waals surface area contributed by atoms with Crippen molar-refractivity contribution in [1.29, 1.82) is 0 Å². The molecule has 150 valence electrons. The molecule has 1 fully saturated rings. The van der Waals surface area contributed by atoms with E-state index in [-0.39, 0.29) is 10.6 Å². The number of nitro benzene ring substituents is 1. The van der Waals surface area contributed by atoms with Gasteiger partial charge in [-0.05, 0) is 42.5 Å². The number of hydrogen-bond donors (Lipinski definition) is 1. The second kappa shape index (κ2) is 8.18. The van der Waals surface area contributed by atoms with Gasteiger partial charge >= 0.3 is 0 Å². The van der Waals surface area contributed by atoms with Gasteiger partial charge in [0.2, 0.25) is 0 Å². The maximum absolute atomic E-state index is 12.0. The molecule has 3 rings (SSSR count). The van der Waals surface area contributed by atoms with Gasteiger partial charge in [-0.2, -0.15) is 0 Å². The SMILES string of the molecule is CC1CCN(c2ccc(CNc3ccc([N+](=O)[O-])cc3S(C)(=O)=O)cc2)CC1. The molecule has 1 aliphatic rings. The Balaban J connectivity index is 1.71. The Hall–Kier alpha value is -2.61. The average molecular weight is 404 g/mol. The molecular weight excluding hydrogens is 378 g/mol. The van der Waals surface area contributed by atoms with E-state index in [1.807, 2.05) is 12.1 Å². The van der Waals surface area contributed by atoms with Gasteiger partial charge in [0.1, 0.15) is 0 Å². The second-order valence-electron chi connectivity index (χ2n) is 7.40. The third-order valence-electron chi connectivity index (χ3n) is 5.14. The lowest BCUT2D eigenvalue weighted by Gasteiger charge is -2.32. The van der Waals surface area contributed by atoms with Crippen LogP contribution >= 0.6 is 0 Å². The summed E-state index contributed by atoms with van der Waals surface area (Å²) in [6, 6.07) is 12.0. The molecule has 2 aromatic carbocycles. The molecular formula is C20H25N3O4S. The largest absolute Gasteiger partial charge is 0.380 e. The zero-order valence-corrected chi connectivity index (χ0v) is 16.9. The maximum atomic E-state index is 12.0. The number of benzene rings is 2. The van der Waals surface area contributed by atoms with Gasteiger partial charge in [0.25, 0.3) is 5.69 Å². The lowest BCUT2D eigenvalue weighted by molar-refractivity contribution is -0.385. The van der Waals surface area contributed by atoms with Gasteiger partial charge in [-0.1, -0.05) is 19.1 Å². The van der Waals surface area contributed by atoms with E-state index in [1.54, 1.807) is 0 Å². The number of sulfone groups is 1. The van der Waals surface area contributed by atoms with Crippen LogP contribution in [0.15, 0.2) is 47.4 Å². The summed E-state index contributed by atoms with van der Waals surface area (Å²) in [5, 5.41) is 14.0. The number of hydrogen-bond acceptors (Lipinski definition) is 6. The Labute approximate surface area is 165 Å². The van der Waals surface area contributed by atoms with E-state index < -0.39 is 14.8 Å². The molecule has 0 radical (unpaired) electrons. The van der Waals surface area contributed by atoms with Crippen molar-refractivity contribution < 1.29 is 13.3 Å². The molecule has 0 spiro atoms. The smallest absolute Gasteiger partial charge is 0.270 e. The summed E-state index contributed by atoms with van der Waals surface area (Å²) in [4.78, 5) is 12.7. The van der Waals surface area contributed by atoms with E-state index in [1.165, 1.54) is 30.7 Å². The van der Waals surface area contributed by atoms with Crippen LogP contribution in [-0.4, -0.2) is 32.7 Å². The minimum atomic E-state index is -3.59. The highest BCUT2D eigenvalue weighted by atomic mass is 32.2. The van der Waals surface area contributed by atoms with Crippen molar-refractivity contribution in [3.63, 3.8) is 0 Å². The van der Waals surface area contributed by atoms with Crippen molar-refractivity contribution in [2.75, 3.05) is 29.6 Å². The standard InChI is InChI=1S/C20H25N3O4S/c1-15-9-11-22(12-10-15)17-5-3-16(4-6-17)14-21-19-8-7-18(23(24)25)13-20(19)28(2,26)27/h3-8,13,15,21H,9-12,14H2,1-2H3. The molecule has 7 nitrogen and oxygen atoms in total. The Morgan fingerprint density at radius 3 is 2.36 bits per heavy atom. The molecule has 0 aromatic heterocycles. The van der Waals surface area contributed by atoms with Crippen LogP contribution in [-0.2, 0) is 16.4 Å². The highest BCUT2D eigenvalue weighted by Gasteiger charge is 2.19. The number of piperidine rings is 1. The second-order valence-corrected chi connectivity index (χ2v) is 9.38. The first kappa shape index (κ1) is 20.1. The normalized spacial score (nSPS) is 15.4. The molecule has 1 heterocycles. The minimum Gasteiger partial charge on any atom is -0.380 e. The van der Waals surface area contributed by atoms with Crippen LogP contribution in [0.3, 0.4) is 0 Å². The third-order valence-corrected chi connectivity index (χ3v) is 6.28. The number of non-ortho nitro benzene ring substituents is 1. The average Bonchev–Trinajstić information content (AvgIpc) is 2.66. The van der Waals surface area contributed by atoms with Crippen LogP contribution in [0, 0.1) is 16.0 Å². The number of nitrogens with one attached hydrogen (secondary N) is 1. The van der Waals surface area contributed by atoms with Gasteiger partial charge in [0.05, 0.1) is 15.5 Å². The van der Waals surface area contributed by atoms with Crippen LogP contribution in [0.5, 0.6) is 0 Å². The molecule has 0 saturated carbocycles. The molecule has 1 aliphatic heterocycles. The summed E-state index contributed by atoms with van der Waals surface area (Å²) in [5.74, 6) is 0.783. The Morgan fingerprint density at radius 1 is 1.14 bits per heavy atom. The van der Waals surface area contributed by atoms with Gasteiger partial charge in [0, 0.05) is 43.7 Å². The Kier molecular flexibility index (Phi) is 5.88. The maximum Gasteiger partial charge on any atom is 0.270 e. The number of nitrogens with zero attached hydrogens (tertiary/aromatic N) is 2. The first-order valence-corrected chi connectivity index (χ1v) is 11.2. The zero-order valence-electron chi connectivity index (χ0n) is 16.1. The molecule has 1 saturated heterocycles. The molecule has 1 N–H and O–H groups in total. The van der Waals surface area contributed by atoms with Crippen LogP contribution < -0.4 is 10.2 Å². The monoisotopic (exact) mass is 403 g/mol. The van der Waals surface area contributed by atoms with Crippen molar-refractivity contribution in [2.24, 2.45) is 5.92 Å². The van der Waals surface area contributed by atoms with Crippen LogP contribution in [0.2, 0.25) is 0 Å². The molecule has 0 amide bonds. The van der Waals surface area contributed by atoms with E-state index in [9.17, 15) is 18.5 Å². The summed E-state index contributed by atoms with van der Waals surface area (Å²) in [7, 11) is -3.59. The fraction of sp³-hybridized carbons (Fsp3) is 0.400. The molecule has 0 atom stereocenters. The predicted molar refractivity (Wildman–Crippen MR) is 111 cm³/mol. The quantitative estimate of drug-likeness (QED) is 0.582. The first-order chi connectivity index (χ1) is 13.2. The lowest BCUT2D eigenvalue weighted by Crippen LogP contribution is -2.32. The Bertz CT molecular complexity index is 950. The fourth-order valence-corrected chi connectivity index (χ4v) is 4.24. The van der Waals surface area contributed by atoms with E-state index in [4.69, 9.17) is 0 Å². The fourth-order valence-electron chi connectivity index (χ4n) is 3.37. The topological polar surface area (TPSA) is 92.5 Å². The van der Waals surface area contributed by atoms with Gasteiger partial charge in [0.15, 0.2) is 9.84 Å². The van der Waals surface area contributed by atoms with Gasteiger partial charge in [-0.3, -0.25) is 10.1 Å². The molecule has 8 heteroatoms. The summed E-state index contributed by atoms with van der Waals surface area (Å²) < 4.78 is 24.0. The van der Waals surface area contributed by atoms with Crippen LogP contribution in [0.25, 0.3) is 0 Å².